The molecule has 0 fully saturated rings. The average molecular weight is 516 g/mol. The number of para-hydroxylation sites is 1. The Kier molecular flexibility index (Phi) is 10.3. The zero-order valence-corrected chi connectivity index (χ0v) is 20.8. The quantitative estimate of drug-likeness (QED) is 0.315. The molecule has 2 rings (SSSR count). The van der Waals surface area contributed by atoms with Crippen molar-refractivity contribution in [3.63, 3.8) is 0 Å². The van der Waals surface area contributed by atoms with Gasteiger partial charge in [-0.05, 0) is 31.6 Å². The number of nitrogens with zero attached hydrogens (tertiary/aromatic N) is 2. The second-order valence-electron chi connectivity index (χ2n) is 7.39. The highest BCUT2D eigenvalue weighted by Gasteiger charge is 2.23. The first-order valence-corrected chi connectivity index (χ1v) is 10.0. The highest BCUT2D eigenvalue weighted by molar-refractivity contribution is 14.0. The predicted octanol–water partition coefficient (Wildman–Crippen LogP) is 4.12. The summed E-state index contributed by atoms with van der Waals surface area (Å²) < 4.78 is 5.54. The standard InChI is InChI=1S/C21H32N4OS.HI/c1-21(2,19-12-9-13-27-19)15-24-20(22-3)23-14-17(25(4)5)16-10-7-8-11-18(16)26-6;/h7-13,17H,14-15H2,1-6H3,(H2,22,23,24);1H. The van der Waals surface area contributed by atoms with Gasteiger partial charge in [-0.15, -0.1) is 35.3 Å². The molecule has 0 saturated carbocycles. The van der Waals surface area contributed by atoms with Gasteiger partial charge in [-0.1, -0.05) is 38.1 Å². The molecule has 0 amide bonds. The molecule has 0 saturated heterocycles. The lowest BCUT2D eigenvalue weighted by molar-refractivity contribution is 0.287. The minimum absolute atomic E-state index is 0. The summed E-state index contributed by atoms with van der Waals surface area (Å²) >= 11 is 1.79. The third-order valence-electron chi connectivity index (χ3n) is 4.69. The van der Waals surface area contributed by atoms with Gasteiger partial charge in [0.05, 0.1) is 13.2 Å². The molecule has 1 heterocycles. The molecule has 28 heavy (non-hydrogen) atoms. The van der Waals surface area contributed by atoms with E-state index in [1.807, 2.05) is 18.2 Å². The average Bonchev–Trinajstić information content (AvgIpc) is 3.20. The number of aliphatic imine (C=N–C) groups is 1. The number of likely N-dealkylation sites (N-methyl/N-ethyl adjacent to an activating group) is 1. The number of nitrogens with one attached hydrogen (secondary N) is 2. The van der Waals surface area contributed by atoms with Crippen molar-refractivity contribution in [2.24, 2.45) is 4.99 Å². The van der Waals surface area contributed by atoms with Crippen LogP contribution in [-0.4, -0.2) is 52.2 Å². The molecule has 0 bridgehead atoms. The molecule has 0 spiro atoms. The van der Waals surface area contributed by atoms with Crippen LogP contribution in [0.15, 0.2) is 46.8 Å². The zero-order valence-electron chi connectivity index (χ0n) is 17.7. The number of hydrogen-bond acceptors (Lipinski definition) is 4. The number of methoxy groups -OCH3 is 1. The van der Waals surface area contributed by atoms with E-state index in [9.17, 15) is 0 Å². The van der Waals surface area contributed by atoms with Crippen LogP contribution in [0.1, 0.15) is 30.3 Å². The molecule has 0 radical (unpaired) electrons. The normalized spacial score (nSPS) is 13.0. The molecular weight excluding hydrogens is 483 g/mol. The molecule has 0 aliphatic heterocycles. The number of thiophene rings is 1. The number of benzene rings is 1. The zero-order chi connectivity index (χ0) is 19.9. The first-order valence-electron chi connectivity index (χ1n) is 9.17. The summed E-state index contributed by atoms with van der Waals surface area (Å²) in [6.45, 7) is 6.04. The molecule has 1 aromatic carbocycles. The fraction of sp³-hybridized carbons (Fsp3) is 0.476. The molecular formula is C21H33IN4OS. The summed E-state index contributed by atoms with van der Waals surface area (Å²) in [4.78, 5) is 7.94. The highest BCUT2D eigenvalue weighted by atomic mass is 127. The topological polar surface area (TPSA) is 48.9 Å². The smallest absolute Gasteiger partial charge is 0.191 e. The highest BCUT2D eigenvalue weighted by Crippen LogP contribution is 2.28. The molecule has 156 valence electrons. The molecule has 0 aliphatic carbocycles. The van der Waals surface area contributed by atoms with Crippen molar-refractivity contribution in [3.8, 4) is 5.75 Å². The van der Waals surface area contributed by atoms with Gasteiger partial charge in [0.2, 0.25) is 0 Å². The Bertz CT molecular complexity index is 732. The van der Waals surface area contributed by atoms with Gasteiger partial charge in [0.1, 0.15) is 5.75 Å². The van der Waals surface area contributed by atoms with E-state index in [0.717, 1.165) is 30.4 Å². The van der Waals surface area contributed by atoms with E-state index < -0.39 is 0 Å². The number of guanidine groups is 1. The predicted molar refractivity (Wildman–Crippen MR) is 132 cm³/mol. The summed E-state index contributed by atoms with van der Waals surface area (Å²) in [5, 5.41) is 9.06. The van der Waals surface area contributed by atoms with E-state index in [-0.39, 0.29) is 35.4 Å². The largest absolute Gasteiger partial charge is 0.496 e. The van der Waals surface area contributed by atoms with Crippen molar-refractivity contribution in [3.05, 3.63) is 52.2 Å². The van der Waals surface area contributed by atoms with E-state index in [2.05, 4.69) is 72.0 Å². The maximum Gasteiger partial charge on any atom is 0.191 e. The van der Waals surface area contributed by atoms with Crippen LogP contribution in [0, 0.1) is 0 Å². The first kappa shape index (κ1) is 24.7. The van der Waals surface area contributed by atoms with Crippen LogP contribution in [-0.2, 0) is 5.41 Å². The molecule has 0 aliphatic rings. The summed E-state index contributed by atoms with van der Waals surface area (Å²) in [5.74, 6) is 1.71. The molecule has 1 aromatic heterocycles. The van der Waals surface area contributed by atoms with Gasteiger partial charge in [0.15, 0.2) is 5.96 Å². The second-order valence-corrected chi connectivity index (χ2v) is 8.34. The van der Waals surface area contributed by atoms with E-state index in [1.165, 1.54) is 4.88 Å². The number of rotatable bonds is 8. The molecule has 1 atom stereocenters. The first-order chi connectivity index (χ1) is 12.9. The lowest BCUT2D eigenvalue weighted by Gasteiger charge is -2.28. The lowest BCUT2D eigenvalue weighted by atomic mass is 9.91. The molecule has 2 aromatic rings. The van der Waals surface area contributed by atoms with Crippen LogP contribution >= 0.6 is 35.3 Å². The van der Waals surface area contributed by atoms with Gasteiger partial charge in [-0.2, -0.15) is 0 Å². The van der Waals surface area contributed by atoms with E-state index in [4.69, 9.17) is 4.74 Å². The van der Waals surface area contributed by atoms with Crippen molar-refractivity contribution < 1.29 is 4.74 Å². The van der Waals surface area contributed by atoms with Gasteiger partial charge < -0.3 is 20.3 Å². The van der Waals surface area contributed by atoms with E-state index in [1.54, 1.807) is 25.5 Å². The molecule has 7 heteroatoms. The van der Waals surface area contributed by atoms with Crippen LogP contribution < -0.4 is 15.4 Å². The van der Waals surface area contributed by atoms with Gasteiger partial charge in [-0.3, -0.25) is 4.99 Å². The summed E-state index contributed by atoms with van der Waals surface area (Å²) in [6.07, 6.45) is 0. The van der Waals surface area contributed by atoms with Crippen molar-refractivity contribution in [1.29, 1.82) is 0 Å². The van der Waals surface area contributed by atoms with Crippen molar-refractivity contribution >= 4 is 41.3 Å². The lowest BCUT2D eigenvalue weighted by Crippen LogP contribution is -2.45. The maximum absolute atomic E-state index is 5.54. The summed E-state index contributed by atoms with van der Waals surface area (Å²) in [5.41, 5.74) is 1.21. The van der Waals surface area contributed by atoms with Crippen LogP contribution in [0.25, 0.3) is 0 Å². The number of ether oxygens (including phenoxy) is 1. The fourth-order valence-electron chi connectivity index (χ4n) is 2.98. The monoisotopic (exact) mass is 516 g/mol. The Morgan fingerprint density at radius 2 is 1.89 bits per heavy atom. The van der Waals surface area contributed by atoms with Crippen molar-refractivity contribution in [2.45, 2.75) is 25.3 Å². The summed E-state index contributed by atoms with van der Waals surface area (Å²) in [6, 6.07) is 12.6. The maximum atomic E-state index is 5.54. The van der Waals surface area contributed by atoms with Crippen molar-refractivity contribution in [1.82, 2.24) is 15.5 Å². The van der Waals surface area contributed by atoms with Crippen LogP contribution in [0.4, 0.5) is 0 Å². The third kappa shape index (κ3) is 6.63. The third-order valence-corrected chi connectivity index (χ3v) is 5.93. The van der Waals surface area contributed by atoms with Crippen LogP contribution in [0.5, 0.6) is 5.75 Å². The molecule has 1 unspecified atom stereocenters. The van der Waals surface area contributed by atoms with Crippen LogP contribution in [0.3, 0.4) is 0 Å². The second kappa shape index (κ2) is 11.6. The Morgan fingerprint density at radius 3 is 2.46 bits per heavy atom. The Hall–Kier alpha value is -1.32. The Balaban J connectivity index is 0.00000392. The SMILES string of the molecule is CN=C(NCC(c1ccccc1OC)N(C)C)NCC(C)(C)c1cccs1.I. The van der Waals surface area contributed by atoms with E-state index >= 15 is 0 Å². The van der Waals surface area contributed by atoms with Gasteiger partial charge in [0, 0.05) is 36.0 Å². The molecule has 2 N–H and O–H groups in total. The number of hydrogen-bond donors (Lipinski definition) is 2. The fourth-order valence-corrected chi connectivity index (χ4v) is 3.83. The summed E-state index contributed by atoms with van der Waals surface area (Å²) in [7, 11) is 7.68. The van der Waals surface area contributed by atoms with Crippen molar-refractivity contribution in [2.75, 3.05) is 41.3 Å². The Labute approximate surface area is 190 Å². The van der Waals surface area contributed by atoms with E-state index in [0.29, 0.717) is 0 Å². The molecule has 5 nitrogen and oxygen atoms in total. The van der Waals surface area contributed by atoms with Gasteiger partial charge in [-0.25, -0.2) is 0 Å². The van der Waals surface area contributed by atoms with Gasteiger partial charge >= 0.3 is 0 Å². The number of halogens is 1. The van der Waals surface area contributed by atoms with Crippen LogP contribution in [0.2, 0.25) is 0 Å². The minimum Gasteiger partial charge on any atom is -0.496 e. The van der Waals surface area contributed by atoms with Gasteiger partial charge in [0.25, 0.3) is 0 Å². The Morgan fingerprint density at radius 1 is 1.18 bits per heavy atom. The minimum atomic E-state index is 0.